The minimum atomic E-state index is 0.687. The quantitative estimate of drug-likeness (QED) is 0.878. The fraction of sp³-hybridized carbons (Fsp3) is 0.684. The molecule has 2 aliphatic rings. The van der Waals surface area contributed by atoms with Gasteiger partial charge in [0.25, 0.3) is 0 Å². The molecule has 1 N–H and O–H groups in total. The van der Waals surface area contributed by atoms with Crippen molar-refractivity contribution in [3.63, 3.8) is 0 Å². The van der Waals surface area contributed by atoms with Crippen molar-refractivity contribution in [3.05, 3.63) is 29.7 Å². The average molecular weight is 314 g/mol. The maximum Gasteiger partial charge on any atom is 0.131 e. The molecule has 0 aromatic carbocycles. The Morgan fingerprint density at radius 3 is 2.61 bits per heavy atom. The van der Waals surface area contributed by atoms with Gasteiger partial charge in [-0.25, -0.2) is 4.98 Å². The van der Waals surface area contributed by atoms with E-state index in [0.29, 0.717) is 12.1 Å². The Labute approximate surface area is 140 Å². The van der Waals surface area contributed by atoms with E-state index in [1.165, 1.54) is 44.9 Å². The SMILES string of the molecule is CCCCc1cc(N2C3CCCC2CC3)nc(CC)cc[nH]n1. The topological polar surface area (TPSA) is 44.8 Å². The third-order valence-corrected chi connectivity index (χ3v) is 5.22. The summed E-state index contributed by atoms with van der Waals surface area (Å²) in [5.41, 5.74) is 2.25. The third kappa shape index (κ3) is 3.85. The lowest BCUT2D eigenvalue weighted by Gasteiger charge is -2.35. The van der Waals surface area contributed by atoms with Gasteiger partial charge in [0.2, 0.25) is 0 Å². The number of nitrogens with one attached hydrogen (secondary N) is 1. The lowest BCUT2D eigenvalue weighted by molar-refractivity contribution is 0.464. The molecule has 126 valence electrons. The summed E-state index contributed by atoms with van der Waals surface area (Å²) in [6.45, 7) is 4.40. The van der Waals surface area contributed by atoms with Crippen molar-refractivity contribution in [1.29, 1.82) is 0 Å². The van der Waals surface area contributed by atoms with Crippen LogP contribution in [0.25, 0.3) is 0 Å². The summed E-state index contributed by atoms with van der Waals surface area (Å²) in [6, 6.07) is 5.67. The van der Waals surface area contributed by atoms with Crippen LogP contribution >= 0.6 is 0 Å². The molecule has 0 amide bonds. The second-order valence-corrected chi connectivity index (χ2v) is 6.85. The summed E-state index contributed by atoms with van der Waals surface area (Å²) in [6.07, 6.45) is 12.9. The first-order valence-corrected chi connectivity index (χ1v) is 9.38. The monoisotopic (exact) mass is 314 g/mol. The van der Waals surface area contributed by atoms with Gasteiger partial charge in [-0.05, 0) is 57.4 Å². The van der Waals surface area contributed by atoms with Crippen LogP contribution in [0, 0.1) is 0 Å². The fourth-order valence-electron chi connectivity index (χ4n) is 3.96. The molecule has 4 nitrogen and oxygen atoms in total. The van der Waals surface area contributed by atoms with Gasteiger partial charge in [-0.3, -0.25) is 5.10 Å². The minimum absolute atomic E-state index is 0.687. The molecule has 3 heterocycles. The van der Waals surface area contributed by atoms with Gasteiger partial charge in [-0.15, -0.1) is 0 Å². The van der Waals surface area contributed by atoms with Crippen molar-refractivity contribution in [2.24, 2.45) is 0 Å². The first kappa shape index (κ1) is 16.3. The van der Waals surface area contributed by atoms with E-state index in [1.54, 1.807) is 0 Å². The Morgan fingerprint density at radius 2 is 1.91 bits per heavy atom. The average Bonchev–Trinajstić information content (AvgIpc) is 2.87. The largest absolute Gasteiger partial charge is 0.351 e. The smallest absolute Gasteiger partial charge is 0.131 e. The molecule has 0 saturated carbocycles. The highest BCUT2D eigenvalue weighted by Gasteiger charge is 2.37. The van der Waals surface area contributed by atoms with Crippen LogP contribution in [-0.2, 0) is 12.8 Å². The van der Waals surface area contributed by atoms with Gasteiger partial charge in [0, 0.05) is 30.0 Å². The molecule has 1 aromatic rings. The van der Waals surface area contributed by atoms with E-state index in [1.807, 2.05) is 6.20 Å². The molecule has 3 rings (SSSR count). The summed E-state index contributed by atoms with van der Waals surface area (Å²) < 4.78 is 0. The Kier molecular flexibility index (Phi) is 5.52. The second-order valence-electron chi connectivity index (χ2n) is 6.85. The van der Waals surface area contributed by atoms with Crippen LogP contribution in [0.15, 0.2) is 18.3 Å². The molecule has 0 aliphatic carbocycles. The van der Waals surface area contributed by atoms with E-state index < -0.39 is 0 Å². The van der Waals surface area contributed by atoms with Crippen LogP contribution in [0.4, 0.5) is 5.82 Å². The van der Waals surface area contributed by atoms with Gasteiger partial charge in [-0.1, -0.05) is 20.3 Å². The second kappa shape index (κ2) is 7.80. The van der Waals surface area contributed by atoms with Crippen molar-refractivity contribution < 1.29 is 0 Å². The molecule has 23 heavy (non-hydrogen) atoms. The van der Waals surface area contributed by atoms with Gasteiger partial charge < -0.3 is 4.90 Å². The number of aryl methyl sites for hydroxylation is 2. The van der Waals surface area contributed by atoms with Gasteiger partial charge in [0.1, 0.15) is 5.82 Å². The lowest BCUT2D eigenvalue weighted by atomic mass is 10.0. The number of anilines is 1. The fourth-order valence-corrected chi connectivity index (χ4v) is 3.96. The third-order valence-electron chi connectivity index (χ3n) is 5.22. The molecule has 2 bridgehead atoms. The van der Waals surface area contributed by atoms with Crippen LogP contribution in [0.2, 0.25) is 0 Å². The summed E-state index contributed by atoms with van der Waals surface area (Å²) in [7, 11) is 0. The molecule has 2 fully saturated rings. The normalized spacial score (nSPS) is 23.0. The number of unbranched alkanes of at least 4 members (excludes halogenated alkanes) is 1. The van der Waals surface area contributed by atoms with E-state index in [0.717, 1.165) is 30.0 Å². The lowest BCUT2D eigenvalue weighted by Crippen LogP contribution is -2.40. The molecule has 0 spiro atoms. The number of aromatic amines is 1. The Morgan fingerprint density at radius 1 is 1.13 bits per heavy atom. The molecular formula is C19H30N4. The predicted molar refractivity (Wildman–Crippen MR) is 95.1 cm³/mol. The number of rotatable bonds is 5. The molecule has 2 atom stereocenters. The van der Waals surface area contributed by atoms with E-state index in [-0.39, 0.29) is 0 Å². The maximum absolute atomic E-state index is 5.03. The predicted octanol–water partition coefficient (Wildman–Crippen LogP) is 4.36. The molecule has 1 aromatic heterocycles. The maximum atomic E-state index is 5.03. The highest BCUT2D eigenvalue weighted by molar-refractivity contribution is 5.44. The summed E-state index contributed by atoms with van der Waals surface area (Å²) in [4.78, 5) is 7.64. The first-order chi connectivity index (χ1) is 11.3. The Hall–Kier alpha value is -1.58. The highest BCUT2D eigenvalue weighted by atomic mass is 15.3. The Balaban J connectivity index is 2.03. The summed E-state index contributed by atoms with van der Waals surface area (Å²) in [5.74, 6) is 1.15. The van der Waals surface area contributed by atoms with Crippen LogP contribution < -0.4 is 4.90 Å². The van der Waals surface area contributed by atoms with Crippen molar-refractivity contribution in [1.82, 2.24) is 15.2 Å². The molecule has 0 radical (unpaired) electrons. The molecule has 2 saturated heterocycles. The Bertz CT molecular complexity index is 548. The number of hydrogen-bond acceptors (Lipinski definition) is 3. The van der Waals surface area contributed by atoms with Gasteiger partial charge in [-0.2, -0.15) is 5.10 Å². The number of piperidine rings is 1. The number of nitrogens with zero attached hydrogens (tertiary/aromatic N) is 3. The molecule has 2 unspecified atom stereocenters. The van der Waals surface area contributed by atoms with Crippen LogP contribution in [0.1, 0.15) is 70.2 Å². The van der Waals surface area contributed by atoms with E-state index in [9.17, 15) is 0 Å². The van der Waals surface area contributed by atoms with Crippen molar-refractivity contribution in [3.8, 4) is 0 Å². The van der Waals surface area contributed by atoms with Crippen LogP contribution in [0.3, 0.4) is 0 Å². The van der Waals surface area contributed by atoms with Gasteiger partial charge >= 0.3 is 0 Å². The van der Waals surface area contributed by atoms with E-state index in [2.05, 4.69) is 41.1 Å². The first-order valence-electron chi connectivity index (χ1n) is 9.38. The van der Waals surface area contributed by atoms with E-state index >= 15 is 0 Å². The van der Waals surface area contributed by atoms with Gasteiger partial charge in [0.15, 0.2) is 0 Å². The van der Waals surface area contributed by atoms with Crippen molar-refractivity contribution in [2.75, 3.05) is 4.90 Å². The number of H-pyrrole nitrogens is 1. The molecule has 4 heteroatoms. The zero-order valence-electron chi connectivity index (χ0n) is 14.6. The van der Waals surface area contributed by atoms with Crippen LogP contribution in [-0.4, -0.2) is 27.3 Å². The van der Waals surface area contributed by atoms with Crippen molar-refractivity contribution in [2.45, 2.75) is 83.7 Å². The van der Waals surface area contributed by atoms with E-state index in [4.69, 9.17) is 4.98 Å². The number of aromatic nitrogens is 3. The zero-order valence-corrected chi connectivity index (χ0v) is 14.6. The number of hydrogen-bond donors (Lipinski definition) is 1. The zero-order chi connectivity index (χ0) is 16.1. The summed E-state index contributed by atoms with van der Waals surface area (Å²) >= 11 is 0. The van der Waals surface area contributed by atoms with Crippen LogP contribution in [0.5, 0.6) is 0 Å². The van der Waals surface area contributed by atoms with Gasteiger partial charge in [0.05, 0.1) is 5.69 Å². The number of fused-ring (bicyclic) bond motifs is 2. The standard InChI is InChI=1S/C19H30N4/c1-3-5-7-16-14-19(21-15(4-2)12-13-20-22-16)23-17-8-6-9-18(23)11-10-17/h12-14,17-18,20H,3-11H2,1-2H3. The molecule has 2 aliphatic heterocycles. The minimum Gasteiger partial charge on any atom is -0.351 e. The van der Waals surface area contributed by atoms with Crippen molar-refractivity contribution >= 4 is 5.82 Å². The molecular weight excluding hydrogens is 284 g/mol. The summed E-state index contributed by atoms with van der Waals surface area (Å²) in [5, 5.41) is 7.64. The highest BCUT2D eigenvalue weighted by Crippen LogP contribution is 2.38.